The van der Waals surface area contributed by atoms with Crippen LogP contribution >= 0.6 is 23.4 Å². The van der Waals surface area contributed by atoms with E-state index in [4.69, 9.17) is 16.3 Å². The van der Waals surface area contributed by atoms with E-state index in [0.29, 0.717) is 27.8 Å². The molecule has 3 aromatic rings. The van der Waals surface area contributed by atoms with Gasteiger partial charge < -0.3 is 10.1 Å². The van der Waals surface area contributed by atoms with Gasteiger partial charge in [-0.05, 0) is 74.9 Å². The van der Waals surface area contributed by atoms with Crippen molar-refractivity contribution in [3.63, 3.8) is 0 Å². The number of amides is 2. The Morgan fingerprint density at radius 1 is 1.03 bits per heavy atom. The molecule has 0 unspecified atom stereocenters. The van der Waals surface area contributed by atoms with Crippen molar-refractivity contribution in [2.24, 2.45) is 0 Å². The van der Waals surface area contributed by atoms with E-state index in [9.17, 15) is 9.59 Å². The molecule has 0 aliphatic rings. The number of thioether (sulfide) groups is 1. The van der Waals surface area contributed by atoms with Gasteiger partial charge in [-0.1, -0.05) is 23.7 Å². The molecule has 0 aliphatic carbocycles. The Morgan fingerprint density at radius 2 is 1.75 bits per heavy atom. The van der Waals surface area contributed by atoms with Crippen molar-refractivity contribution in [3.05, 3.63) is 83.0 Å². The van der Waals surface area contributed by atoms with Gasteiger partial charge in [-0.2, -0.15) is 0 Å². The second-order valence-corrected chi connectivity index (χ2v) is 9.38. The summed E-state index contributed by atoms with van der Waals surface area (Å²) < 4.78 is 5.26. The number of ether oxygens (including phenoxy) is 1. The largest absolute Gasteiger partial charge is 0.444 e. The number of pyridine rings is 1. The van der Waals surface area contributed by atoms with Crippen LogP contribution in [0.2, 0.25) is 5.02 Å². The molecule has 166 valence electrons. The summed E-state index contributed by atoms with van der Waals surface area (Å²) in [5, 5.41) is 6.14. The fraction of sp³-hybridized carbons (Fsp3) is 0.208. The SMILES string of the molecule is CC(C)(C)OC(=O)Nc1cc(CSc2ccccc2C(=O)Nc2ccc(Cl)cc2)ccn1. The number of rotatable bonds is 6. The summed E-state index contributed by atoms with van der Waals surface area (Å²) in [6, 6.07) is 18.0. The molecular weight excluding hydrogens is 446 g/mol. The van der Waals surface area contributed by atoms with Gasteiger partial charge >= 0.3 is 6.09 Å². The van der Waals surface area contributed by atoms with Gasteiger partial charge in [-0.3, -0.25) is 10.1 Å². The normalized spacial score (nSPS) is 11.0. The van der Waals surface area contributed by atoms with Crippen molar-refractivity contribution in [1.29, 1.82) is 0 Å². The molecule has 2 aromatic carbocycles. The summed E-state index contributed by atoms with van der Waals surface area (Å²) in [7, 11) is 0. The average Bonchev–Trinajstić information content (AvgIpc) is 2.73. The molecule has 1 aromatic heterocycles. The van der Waals surface area contributed by atoms with Gasteiger partial charge in [0, 0.05) is 27.6 Å². The van der Waals surface area contributed by atoms with Crippen LogP contribution in [-0.4, -0.2) is 22.6 Å². The topological polar surface area (TPSA) is 80.3 Å². The van der Waals surface area contributed by atoms with E-state index < -0.39 is 11.7 Å². The van der Waals surface area contributed by atoms with E-state index in [1.165, 1.54) is 11.8 Å². The number of hydrogen-bond acceptors (Lipinski definition) is 5. The highest BCUT2D eigenvalue weighted by atomic mass is 35.5. The van der Waals surface area contributed by atoms with Gasteiger partial charge in [0.05, 0.1) is 5.56 Å². The zero-order chi connectivity index (χ0) is 23.1. The molecule has 0 aliphatic heterocycles. The lowest BCUT2D eigenvalue weighted by Gasteiger charge is -2.19. The van der Waals surface area contributed by atoms with E-state index in [1.54, 1.807) is 63.4 Å². The van der Waals surface area contributed by atoms with Gasteiger partial charge in [0.2, 0.25) is 0 Å². The van der Waals surface area contributed by atoms with Crippen molar-refractivity contribution < 1.29 is 14.3 Å². The Morgan fingerprint density at radius 3 is 2.47 bits per heavy atom. The number of carbonyl (C=O) groups is 2. The summed E-state index contributed by atoms with van der Waals surface area (Å²) in [4.78, 5) is 29.8. The first kappa shape index (κ1) is 23.6. The number of halogens is 1. The summed E-state index contributed by atoms with van der Waals surface area (Å²) in [5.74, 6) is 0.806. The van der Waals surface area contributed by atoms with Gasteiger partial charge in [-0.25, -0.2) is 9.78 Å². The first-order chi connectivity index (χ1) is 15.2. The fourth-order valence-electron chi connectivity index (χ4n) is 2.71. The predicted octanol–water partition coefficient (Wildman–Crippen LogP) is 6.63. The Bertz CT molecular complexity index is 1100. The molecule has 3 rings (SSSR count). The minimum atomic E-state index is -0.589. The lowest BCUT2D eigenvalue weighted by molar-refractivity contribution is 0.0635. The molecule has 0 atom stereocenters. The molecule has 6 nitrogen and oxygen atoms in total. The summed E-state index contributed by atoms with van der Waals surface area (Å²) in [5.41, 5.74) is 1.61. The van der Waals surface area contributed by atoms with Crippen LogP contribution in [0.25, 0.3) is 0 Å². The first-order valence-corrected chi connectivity index (χ1v) is 11.3. The van der Waals surface area contributed by atoms with Crippen LogP contribution in [0.5, 0.6) is 0 Å². The van der Waals surface area contributed by atoms with Crippen LogP contribution in [0.15, 0.2) is 71.8 Å². The van der Waals surface area contributed by atoms with Crippen molar-refractivity contribution in [2.45, 2.75) is 37.0 Å². The molecular formula is C24H24ClN3O3S. The molecule has 2 N–H and O–H groups in total. The molecule has 32 heavy (non-hydrogen) atoms. The highest BCUT2D eigenvalue weighted by molar-refractivity contribution is 7.98. The van der Waals surface area contributed by atoms with E-state index in [1.807, 2.05) is 24.3 Å². The minimum absolute atomic E-state index is 0.197. The Balaban J connectivity index is 1.65. The molecule has 0 saturated carbocycles. The van der Waals surface area contributed by atoms with Crippen LogP contribution in [0.4, 0.5) is 16.3 Å². The van der Waals surface area contributed by atoms with Crippen molar-refractivity contribution in [2.75, 3.05) is 10.6 Å². The van der Waals surface area contributed by atoms with E-state index >= 15 is 0 Å². The highest BCUT2D eigenvalue weighted by Crippen LogP contribution is 2.28. The van der Waals surface area contributed by atoms with E-state index in [2.05, 4.69) is 15.6 Å². The number of nitrogens with one attached hydrogen (secondary N) is 2. The molecule has 8 heteroatoms. The number of anilines is 2. The van der Waals surface area contributed by atoms with Crippen molar-refractivity contribution in [1.82, 2.24) is 4.98 Å². The van der Waals surface area contributed by atoms with Gasteiger partial charge in [0.1, 0.15) is 11.4 Å². The summed E-state index contributed by atoms with van der Waals surface area (Å²) in [6.07, 6.45) is 1.07. The minimum Gasteiger partial charge on any atom is -0.444 e. The van der Waals surface area contributed by atoms with Gasteiger partial charge in [-0.15, -0.1) is 11.8 Å². The Labute approximate surface area is 196 Å². The molecule has 2 amide bonds. The van der Waals surface area contributed by atoms with Crippen LogP contribution in [0, 0.1) is 0 Å². The molecule has 1 heterocycles. The summed E-state index contributed by atoms with van der Waals surface area (Å²) in [6.45, 7) is 5.40. The average molecular weight is 470 g/mol. The van der Waals surface area contributed by atoms with Crippen LogP contribution in [-0.2, 0) is 10.5 Å². The van der Waals surface area contributed by atoms with Crippen LogP contribution in [0.3, 0.4) is 0 Å². The number of nitrogens with zero attached hydrogens (tertiary/aromatic N) is 1. The predicted molar refractivity (Wildman–Crippen MR) is 130 cm³/mol. The van der Waals surface area contributed by atoms with Gasteiger partial charge in [0.25, 0.3) is 5.91 Å². The lowest BCUT2D eigenvalue weighted by Crippen LogP contribution is -2.27. The third kappa shape index (κ3) is 7.28. The Hall–Kier alpha value is -3.03. The maximum Gasteiger partial charge on any atom is 0.413 e. The maximum atomic E-state index is 12.8. The van der Waals surface area contributed by atoms with Crippen molar-refractivity contribution in [3.8, 4) is 0 Å². The standard InChI is InChI=1S/C24H24ClN3O3S/c1-24(2,3)31-23(30)28-21-14-16(12-13-26-21)15-32-20-7-5-4-6-19(20)22(29)27-18-10-8-17(25)9-11-18/h4-14H,15H2,1-3H3,(H,27,29)(H,26,28,30). The van der Waals surface area contributed by atoms with Crippen LogP contribution < -0.4 is 10.6 Å². The number of carbonyl (C=O) groups excluding carboxylic acids is 2. The third-order valence-corrected chi connectivity index (χ3v) is 5.48. The monoisotopic (exact) mass is 469 g/mol. The Kier molecular flexibility index (Phi) is 7.77. The first-order valence-electron chi connectivity index (χ1n) is 9.93. The maximum absolute atomic E-state index is 12.8. The molecule has 0 fully saturated rings. The smallest absolute Gasteiger partial charge is 0.413 e. The highest BCUT2D eigenvalue weighted by Gasteiger charge is 2.17. The van der Waals surface area contributed by atoms with E-state index in [-0.39, 0.29) is 5.91 Å². The second kappa shape index (κ2) is 10.5. The number of benzene rings is 2. The third-order valence-electron chi connectivity index (χ3n) is 4.08. The second-order valence-electron chi connectivity index (χ2n) is 7.92. The quantitative estimate of drug-likeness (QED) is 0.396. The zero-order valence-electron chi connectivity index (χ0n) is 18.0. The summed E-state index contributed by atoms with van der Waals surface area (Å²) >= 11 is 7.43. The van der Waals surface area contributed by atoms with Gasteiger partial charge in [0.15, 0.2) is 0 Å². The van der Waals surface area contributed by atoms with Crippen LogP contribution in [0.1, 0.15) is 36.7 Å². The number of aromatic nitrogens is 1. The van der Waals surface area contributed by atoms with Crippen molar-refractivity contribution >= 4 is 46.9 Å². The molecule has 0 bridgehead atoms. The molecule has 0 radical (unpaired) electrons. The fourth-order valence-corrected chi connectivity index (χ4v) is 3.83. The lowest BCUT2D eigenvalue weighted by atomic mass is 10.2. The van der Waals surface area contributed by atoms with E-state index in [0.717, 1.165) is 10.5 Å². The molecule has 0 saturated heterocycles. The molecule has 0 spiro atoms. The number of hydrogen-bond donors (Lipinski definition) is 2. The zero-order valence-corrected chi connectivity index (χ0v) is 19.6.